The minimum absolute atomic E-state index is 0.236. The molecule has 0 saturated heterocycles. The van der Waals surface area contributed by atoms with Crippen molar-refractivity contribution in [2.24, 2.45) is 7.05 Å². The molecule has 1 aliphatic carbocycles. The van der Waals surface area contributed by atoms with Gasteiger partial charge in [0.05, 0.1) is 17.2 Å². The molecule has 20 heavy (non-hydrogen) atoms. The summed E-state index contributed by atoms with van der Waals surface area (Å²) in [5.41, 5.74) is 2.54. The highest BCUT2D eigenvalue weighted by molar-refractivity contribution is 6.31. The number of carbonyl (C=O) groups excluding carboxylic acids is 1. The fourth-order valence-electron chi connectivity index (χ4n) is 2.71. The van der Waals surface area contributed by atoms with Crippen molar-refractivity contribution in [3.8, 4) is 0 Å². The molecule has 1 aromatic heterocycles. The predicted molar refractivity (Wildman–Crippen MR) is 76.8 cm³/mol. The topological polar surface area (TPSA) is 54.3 Å². The second-order valence-electron chi connectivity index (χ2n) is 5.08. The smallest absolute Gasteiger partial charge is 0.268 e. The summed E-state index contributed by atoms with van der Waals surface area (Å²) < 4.78 is 1.67. The van der Waals surface area contributed by atoms with Crippen LogP contribution in [0.15, 0.2) is 36.5 Å². The number of aryl methyl sites for hydroxylation is 1. The van der Waals surface area contributed by atoms with Crippen molar-refractivity contribution in [2.45, 2.75) is 18.6 Å². The van der Waals surface area contributed by atoms with Crippen LogP contribution in [0, 0.1) is 0 Å². The number of nitrogens with one attached hydrogen (secondary N) is 1. The Labute approximate surface area is 122 Å². The molecule has 0 unspecified atom stereocenters. The fraction of sp³-hybridized carbons (Fsp3) is 0.267. The number of aliphatic hydroxyl groups excluding tert-OH is 1. The number of hydrogen-bond donors (Lipinski definition) is 2. The lowest BCUT2D eigenvalue weighted by Gasteiger charge is -2.18. The number of hydrogen-bond acceptors (Lipinski definition) is 2. The lowest BCUT2D eigenvalue weighted by Crippen LogP contribution is -2.34. The number of fused-ring (bicyclic) bond motifs is 1. The quantitative estimate of drug-likeness (QED) is 0.889. The highest BCUT2D eigenvalue weighted by Crippen LogP contribution is 2.31. The summed E-state index contributed by atoms with van der Waals surface area (Å²) >= 11 is 5.89. The van der Waals surface area contributed by atoms with Crippen LogP contribution < -0.4 is 5.32 Å². The van der Waals surface area contributed by atoms with Gasteiger partial charge in [0, 0.05) is 19.7 Å². The van der Waals surface area contributed by atoms with E-state index in [1.54, 1.807) is 23.9 Å². The molecule has 0 spiro atoms. The summed E-state index contributed by atoms with van der Waals surface area (Å²) in [6.07, 6.45) is 1.65. The van der Waals surface area contributed by atoms with Gasteiger partial charge in [-0.1, -0.05) is 35.9 Å². The number of carbonyl (C=O) groups is 1. The van der Waals surface area contributed by atoms with Crippen molar-refractivity contribution in [1.29, 1.82) is 0 Å². The van der Waals surface area contributed by atoms with Crippen LogP contribution in [-0.4, -0.2) is 21.7 Å². The molecular formula is C15H15ClN2O2. The molecule has 3 rings (SSSR count). The second kappa shape index (κ2) is 4.96. The molecule has 1 aromatic carbocycles. The minimum Gasteiger partial charge on any atom is -0.390 e. The van der Waals surface area contributed by atoms with Crippen LogP contribution in [-0.2, 0) is 13.5 Å². The first-order valence-electron chi connectivity index (χ1n) is 6.45. The Balaban J connectivity index is 1.85. The maximum Gasteiger partial charge on any atom is 0.268 e. The van der Waals surface area contributed by atoms with Crippen molar-refractivity contribution in [2.75, 3.05) is 0 Å². The lowest BCUT2D eigenvalue weighted by atomic mass is 10.1. The van der Waals surface area contributed by atoms with Crippen molar-refractivity contribution < 1.29 is 9.90 Å². The molecule has 1 aliphatic rings. The van der Waals surface area contributed by atoms with Crippen LogP contribution in [0.2, 0.25) is 5.02 Å². The monoisotopic (exact) mass is 290 g/mol. The molecule has 4 nitrogen and oxygen atoms in total. The van der Waals surface area contributed by atoms with Gasteiger partial charge in [-0.3, -0.25) is 4.79 Å². The second-order valence-corrected chi connectivity index (χ2v) is 5.51. The number of nitrogens with zero attached hydrogens (tertiary/aromatic N) is 1. The van der Waals surface area contributed by atoms with Gasteiger partial charge in [-0.2, -0.15) is 0 Å². The van der Waals surface area contributed by atoms with E-state index in [9.17, 15) is 9.90 Å². The number of benzene rings is 1. The Kier molecular flexibility index (Phi) is 3.28. The third kappa shape index (κ3) is 2.21. The van der Waals surface area contributed by atoms with Gasteiger partial charge in [-0.25, -0.2) is 0 Å². The minimum atomic E-state index is -0.591. The molecule has 104 valence electrons. The first kappa shape index (κ1) is 13.2. The molecule has 1 amide bonds. The van der Waals surface area contributed by atoms with Crippen LogP contribution in [0.4, 0.5) is 0 Å². The van der Waals surface area contributed by atoms with Gasteiger partial charge in [0.15, 0.2) is 0 Å². The van der Waals surface area contributed by atoms with Crippen LogP contribution in [0.3, 0.4) is 0 Å². The van der Waals surface area contributed by atoms with E-state index in [1.807, 2.05) is 24.3 Å². The maximum absolute atomic E-state index is 12.3. The SMILES string of the molecule is Cn1cc(Cl)cc1C(=O)N[C@@H]1c2ccccc2C[C@@H]1O. The summed E-state index contributed by atoms with van der Waals surface area (Å²) in [4.78, 5) is 12.3. The summed E-state index contributed by atoms with van der Waals surface area (Å²) in [6, 6.07) is 9.01. The van der Waals surface area contributed by atoms with Crippen molar-refractivity contribution in [3.63, 3.8) is 0 Å². The molecule has 0 radical (unpaired) electrons. The largest absolute Gasteiger partial charge is 0.390 e. The van der Waals surface area contributed by atoms with Crippen LogP contribution in [0.25, 0.3) is 0 Å². The van der Waals surface area contributed by atoms with E-state index in [4.69, 9.17) is 11.6 Å². The number of aromatic nitrogens is 1. The normalized spacial score (nSPS) is 20.8. The average molecular weight is 291 g/mol. The van der Waals surface area contributed by atoms with Crippen LogP contribution in [0.1, 0.15) is 27.7 Å². The van der Waals surface area contributed by atoms with E-state index in [1.165, 1.54) is 0 Å². The summed E-state index contributed by atoms with van der Waals surface area (Å²) in [5, 5.41) is 13.5. The molecule has 0 aliphatic heterocycles. The van der Waals surface area contributed by atoms with Crippen molar-refractivity contribution in [3.05, 3.63) is 58.4 Å². The van der Waals surface area contributed by atoms with E-state index in [0.29, 0.717) is 17.1 Å². The van der Waals surface area contributed by atoms with Crippen LogP contribution >= 0.6 is 11.6 Å². The van der Waals surface area contributed by atoms with E-state index in [-0.39, 0.29) is 11.9 Å². The standard InChI is InChI=1S/C15H15ClN2O2/c1-18-8-10(16)7-12(18)15(20)17-14-11-5-3-2-4-9(11)6-13(14)19/h2-5,7-8,13-14,19H,6H2,1H3,(H,17,20)/t13-,14+/m0/s1. The maximum atomic E-state index is 12.3. The van der Waals surface area contributed by atoms with Gasteiger partial charge in [0.1, 0.15) is 5.69 Å². The van der Waals surface area contributed by atoms with Gasteiger partial charge in [-0.05, 0) is 17.2 Å². The van der Waals surface area contributed by atoms with E-state index in [2.05, 4.69) is 5.32 Å². The molecular weight excluding hydrogens is 276 g/mol. The molecule has 0 saturated carbocycles. The van der Waals surface area contributed by atoms with Gasteiger partial charge < -0.3 is 15.0 Å². The predicted octanol–water partition coefficient (Wildman–Crippen LogP) is 2.07. The van der Waals surface area contributed by atoms with Crippen LogP contribution in [0.5, 0.6) is 0 Å². The Morgan fingerprint density at radius 2 is 2.20 bits per heavy atom. The van der Waals surface area contributed by atoms with Crippen molar-refractivity contribution >= 4 is 17.5 Å². The van der Waals surface area contributed by atoms with Gasteiger partial charge in [-0.15, -0.1) is 0 Å². The average Bonchev–Trinajstić information content (AvgIpc) is 2.90. The zero-order valence-corrected chi connectivity index (χ0v) is 11.8. The molecule has 5 heteroatoms. The summed E-state index contributed by atoms with van der Waals surface area (Å²) in [7, 11) is 1.76. The summed E-state index contributed by atoms with van der Waals surface area (Å²) in [6.45, 7) is 0. The number of halogens is 1. The third-order valence-corrected chi connectivity index (χ3v) is 3.90. The Morgan fingerprint density at radius 3 is 2.90 bits per heavy atom. The Morgan fingerprint density at radius 1 is 1.45 bits per heavy atom. The highest BCUT2D eigenvalue weighted by Gasteiger charge is 2.32. The first-order valence-corrected chi connectivity index (χ1v) is 6.82. The first-order chi connectivity index (χ1) is 9.56. The van der Waals surface area contributed by atoms with E-state index in [0.717, 1.165) is 11.1 Å². The Hall–Kier alpha value is -1.78. The molecule has 2 N–H and O–H groups in total. The molecule has 0 bridgehead atoms. The fourth-order valence-corrected chi connectivity index (χ4v) is 2.96. The Bertz CT molecular complexity index is 666. The van der Waals surface area contributed by atoms with E-state index < -0.39 is 6.10 Å². The zero-order chi connectivity index (χ0) is 14.3. The van der Waals surface area contributed by atoms with Gasteiger partial charge in [0.2, 0.25) is 0 Å². The lowest BCUT2D eigenvalue weighted by molar-refractivity contribution is 0.0850. The number of rotatable bonds is 2. The van der Waals surface area contributed by atoms with Gasteiger partial charge in [0.25, 0.3) is 5.91 Å². The highest BCUT2D eigenvalue weighted by atomic mass is 35.5. The number of aliphatic hydroxyl groups is 1. The third-order valence-electron chi connectivity index (χ3n) is 3.69. The van der Waals surface area contributed by atoms with Gasteiger partial charge >= 0.3 is 0 Å². The zero-order valence-electron chi connectivity index (χ0n) is 11.0. The molecule has 2 aromatic rings. The molecule has 0 fully saturated rings. The number of amides is 1. The molecule has 1 heterocycles. The van der Waals surface area contributed by atoms with E-state index >= 15 is 0 Å². The molecule has 2 atom stereocenters. The van der Waals surface area contributed by atoms with Crippen molar-refractivity contribution in [1.82, 2.24) is 9.88 Å². The summed E-state index contributed by atoms with van der Waals surface area (Å²) in [5.74, 6) is -0.236.